The van der Waals surface area contributed by atoms with Crippen LogP contribution < -0.4 is 10.5 Å². The van der Waals surface area contributed by atoms with E-state index in [0.717, 1.165) is 0 Å². The number of rotatable bonds is 2. The van der Waals surface area contributed by atoms with E-state index in [-0.39, 0.29) is 10.7 Å². The highest BCUT2D eigenvalue weighted by Crippen LogP contribution is 2.24. The van der Waals surface area contributed by atoms with Crippen LogP contribution in [-0.4, -0.2) is 18.0 Å². The van der Waals surface area contributed by atoms with Crippen LogP contribution in [0.1, 0.15) is 16.1 Å². The van der Waals surface area contributed by atoms with Crippen LogP contribution in [0.4, 0.5) is 0 Å². The van der Waals surface area contributed by atoms with Crippen molar-refractivity contribution in [3.63, 3.8) is 0 Å². The fourth-order valence-corrected chi connectivity index (χ4v) is 1.31. The maximum atomic E-state index is 10.9. The SMILES string of the molecule is COc1cc(C)nc(Cl)c1C(N)=O. The summed E-state index contributed by atoms with van der Waals surface area (Å²) in [5, 5.41) is 0.0735. The monoisotopic (exact) mass is 200 g/mol. The second kappa shape index (κ2) is 3.62. The Hall–Kier alpha value is -1.29. The molecule has 0 spiro atoms. The van der Waals surface area contributed by atoms with E-state index in [1.165, 1.54) is 7.11 Å². The molecule has 1 aromatic heterocycles. The first-order valence-electron chi connectivity index (χ1n) is 3.57. The minimum atomic E-state index is -0.644. The van der Waals surface area contributed by atoms with Crippen molar-refractivity contribution in [1.82, 2.24) is 4.98 Å². The molecule has 2 N–H and O–H groups in total. The molecular weight excluding hydrogens is 192 g/mol. The van der Waals surface area contributed by atoms with Crippen molar-refractivity contribution in [3.8, 4) is 5.75 Å². The van der Waals surface area contributed by atoms with Crippen LogP contribution in [0.25, 0.3) is 0 Å². The topological polar surface area (TPSA) is 65.2 Å². The molecule has 0 saturated carbocycles. The van der Waals surface area contributed by atoms with Gasteiger partial charge in [0.25, 0.3) is 5.91 Å². The number of carbonyl (C=O) groups is 1. The molecule has 0 aliphatic heterocycles. The number of carbonyl (C=O) groups excluding carboxylic acids is 1. The molecule has 4 nitrogen and oxygen atoms in total. The fraction of sp³-hybridized carbons (Fsp3) is 0.250. The quantitative estimate of drug-likeness (QED) is 0.729. The minimum Gasteiger partial charge on any atom is -0.496 e. The van der Waals surface area contributed by atoms with E-state index in [0.29, 0.717) is 11.4 Å². The highest BCUT2D eigenvalue weighted by Gasteiger charge is 2.15. The molecule has 13 heavy (non-hydrogen) atoms. The van der Waals surface area contributed by atoms with Crippen molar-refractivity contribution in [1.29, 1.82) is 0 Å². The van der Waals surface area contributed by atoms with Gasteiger partial charge < -0.3 is 10.5 Å². The fourth-order valence-electron chi connectivity index (χ4n) is 0.991. The number of primary amides is 1. The average Bonchev–Trinajstić information content (AvgIpc) is 2.01. The second-order valence-electron chi connectivity index (χ2n) is 2.50. The number of aryl methyl sites for hydroxylation is 1. The number of halogens is 1. The van der Waals surface area contributed by atoms with E-state index in [1.54, 1.807) is 13.0 Å². The van der Waals surface area contributed by atoms with E-state index >= 15 is 0 Å². The molecule has 0 unspecified atom stereocenters. The van der Waals surface area contributed by atoms with E-state index in [4.69, 9.17) is 22.1 Å². The molecule has 0 aliphatic rings. The third-order valence-corrected chi connectivity index (χ3v) is 1.81. The maximum Gasteiger partial charge on any atom is 0.255 e. The molecular formula is C8H9ClN2O2. The van der Waals surface area contributed by atoms with E-state index in [9.17, 15) is 4.79 Å². The van der Waals surface area contributed by atoms with E-state index in [2.05, 4.69) is 4.98 Å². The summed E-state index contributed by atoms with van der Waals surface area (Å²) in [6, 6.07) is 1.60. The zero-order valence-electron chi connectivity index (χ0n) is 7.30. The predicted molar refractivity (Wildman–Crippen MR) is 49.1 cm³/mol. The number of aromatic nitrogens is 1. The first-order chi connectivity index (χ1) is 6.06. The van der Waals surface area contributed by atoms with Crippen LogP contribution in [0, 0.1) is 6.92 Å². The van der Waals surface area contributed by atoms with Crippen LogP contribution in [-0.2, 0) is 0 Å². The zero-order chi connectivity index (χ0) is 10.0. The number of methoxy groups -OCH3 is 1. The number of pyridine rings is 1. The molecule has 0 bridgehead atoms. The Labute approximate surface area is 80.7 Å². The van der Waals surface area contributed by atoms with Crippen molar-refractivity contribution < 1.29 is 9.53 Å². The molecule has 70 valence electrons. The van der Waals surface area contributed by atoms with Crippen LogP contribution in [0.2, 0.25) is 5.15 Å². The average molecular weight is 201 g/mol. The van der Waals surface area contributed by atoms with E-state index in [1.807, 2.05) is 0 Å². The van der Waals surface area contributed by atoms with Gasteiger partial charge in [0.15, 0.2) is 0 Å². The van der Waals surface area contributed by atoms with Gasteiger partial charge in [0.1, 0.15) is 16.5 Å². The third kappa shape index (κ3) is 1.89. The molecule has 1 heterocycles. The van der Waals surface area contributed by atoms with Crippen molar-refractivity contribution in [2.75, 3.05) is 7.11 Å². The molecule has 0 aromatic carbocycles. The minimum absolute atomic E-state index is 0.0735. The highest BCUT2D eigenvalue weighted by atomic mass is 35.5. The normalized spacial score (nSPS) is 9.77. The molecule has 0 fully saturated rings. The van der Waals surface area contributed by atoms with Crippen molar-refractivity contribution >= 4 is 17.5 Å². The molecule has 5 heteroatoms. The molecule has 0 aliphatic carbocycles. The largest absolute Gasteiger partial charge is 0.496 e. The van der Waals surface area contributed by atoms with Gasteiger partial charge in [-0.1, -0.05) is 11.6 Å². The predicted octanol–water partition coefficient (Wildman–Crippen LogP) is 1.15. The number of nitrogens with two attached hydrogens (primary N) is 1. The maximum absolute atomic E-state index is 10.9. The number of hydrogen-bond donors (Lipinski definition) is 1. The summed E-state index contributed by atoms with van der Waals surface area (Å²) in [6.07, 6.45) is 0. The molecule has 1 rings (SSSR count). The first-order valence-corrected chi connectivity index (χ1v) is 3.95. The number of hydrogen-bond acceptors (Lipinski definition) is 3. The summed E-state index contributed by atoms with van der Waals surface area (Å²) >= 11 is 5.72. The molecule has 0 atom stereocenters. The Balaban J connectivity index is 3.38. The summed E-state index contributed by atoms with van der Waals surface area (Å²) in [5.41, 5.74) is 5.89. The van der Waals surface area contributed by atoms with Crippen LogP contribution in [0.15, 0.2) is 6.07 Å². The summed E-state index contributed by atoms with van der Waals surface area (Å²) in [7, 11) is 1.44. The lowest BCUT2D eigenvalue weighted by atomic mass is 10.2. The Morgan fingerprint density at radius 1 is 1.69 bits per heavy atom. The second-order valence-corrected chi connectivity index (χ2v) is 2.85. The summed E-state index contributed by atoms with van der Waals surface area (Å²) in [6.45, 7) is 1.75. The number of amides is 1. The number of ether oxygens (including phenoxy) is 1. The Morgan fingerprint density at radius 3 is 2.77 bits per heavy atom. The lowest BCUT2D eigenvalue weighted by Gasteiger charge is -2.07. The van der Waals surface area contributed by atoms with Crippen LogP contribution in [0.3, 0.4) is 0 Å². The standard InChI is InChI=1S/C8H9ClN2O2/c1-4-3-5(13-2)6(8(10)12)7(9)11-4/h3H,1-2H3,(H2,10,12). The van der Waals surface area contributed by atoms with Crippen molar-refractivity contribution in [2.45, 2.75) is 6.92 Å². The molecule has 1 amide bonds. The zero-order valence-corrected chi connectivity index (χ0v) is 8.05. The van der Waals surface area contributed by atoms with Gasteiger partial charge in [-0.15, -0.1) is 0 Å². The smallest absolute Gasteiger partial charge is 0.255 e. The van der Waals surface area contributed by atoms with Gasteiger partial charge in [0.05, 0.1) is 7.11 Å². The summed E-state index contributed by atoms with van der Waals surface area (Å²) < 4.78 is 4.94. The van der Waals surface area contributed by atoms with Crippen LogP contribution in [0.5, 0.6) is 5.75 Å². The first kappa shape index (κ1) is 9.80. The molecule has 0 saturated heterocycles. The Bertz CT molecular complexity index is 352. The van der Waals surface area contributed by atoms with Gasteiger partial charge in [-0.2, -0.15) is 0 Å². The summed E-state index contributed by atoms with van der Waals surface area (Å²) in [4.78, 5) is 14.8. The molecule has 0 radical (unpaired) electrons. The number of nitrogens with zero attached hydrogens (tertiary/aromatic N) is 1. The third-order valence-electron chi connectivity index (χ3n) is 1.53. The Morgan fingerprint density at radius 2 is 2.31 bits per heavy atom. The van der Waals surface area contributed by atoms with Gasteiger partial charge in [0, 0.05) is 11.8 Å². The van der Waals surface area contributed by atoms with Crippen molar-refractivity contribution in [3.05, 3.63) is 22.5 Å². The summed E-state index contributed by atoms with van der Waals surface area (Å²) in [5.74, 6) is -0.292. The van der Waals surface area contributed by atoms with Gasteiger partial charge >= 0.3 is 0 Å². The lowest BCUT2D eigenvalue weighted by Crippen LogP contribution is -2.14. The van der Waals surface area contributed by atoms with Gasteiger partial charge in [-0.3, -0.25) is 4.79 Å². The highest BCUT2D eigenvalue weighted by molar-refractivity contribution is 6.33. The van der Waals surface area contributed by atoms with Gasteiger partial charge in [0.2, 0.25) is 0 Å². The van der Waals surface area contributed by atoms with Crippen LogP contribution >= 0.6 is 11.6 Å². The lowest BCUT2D eigenvalue weighted by molar-refractivity contribution is 0.0997. The molecule has 1 aromatic rings. The van der Waals surface area contributed by atoms with E-state index < -0.39 is 5.91 Å². The Kier molecular flexibility index (Phi) is 2.72. The van der Waals surface area contributed by atoms with Gasteiger partial charge in [-0.25, -0.2) is 4.98 Å². The van der Waals surface area contributed by atoms with Gasteiger partial charge in [-0.05, 0) is 6.92 Å². The van der Waals surface area contributed by atoms with Crippen molar-refractivity contribution in [2.24, 2.45) is 5.73 Å².